The van der Waals surface area contributed by atoms with Crippen molar-refractivity contribution in [1.29, 1.82) is 0 Å². The molecule has 0 aliphatic rings. The molecule has 0 fully saturated rings. The number of rotatable bonds is 3. The lowest BCUT2D eigenvalue weighted by Gasteiger charge is -2.05. The number of carboxylic acid groups (broad SMARTS) is 1. The van der Waals surface area contributed by atoms with E-state index in [0.717, 1.165) is 23.0 Å². The molecule has 86 valence electrons. The van der Waals surface area contributed by atoms with Crippen LogP contribution in [0.2, 0.25) is 0 Å². The highest BCUT2D eigenvalue weighted by atomic mass is 16.4. The van der Waals surface area contributed by atoms with Crippen LogP contribution in [0.15, 0.2) is 37.1 Å². The predicted octanol–water partition coefficient (Wildman–Crippen LogP) is 1.67. The molecule has 0 amide bonds. The Morgan fingerprint density at radius 3 is 2.94 bits per heavy atom. The topological polar surface area (TPSA) is 68.0 Å². The second-order valence-electron chi connectivity index (χ2n) is 3.55. The summed E-state index contributed by atoms with van der Waals surface area (Å²) in [5.41, 5.74) is 1.71. The monoisotopic (exact) mass is 229 g/mol. The zero-order valence-electron chi connectivity index (χ0n) is 9.24. The second-order valence-corrected chi connectivity index (χ2v) is 3.55. The first-order chi connectivity index (χ1) is 8.16. The van der Waals surface area contributed by atoms with Crippen LogP contribution in [0, 0.1) is 6.92 Å². The van der Waals surface area contributed by atoms with Crippen molar-refractivity contribution in [3.05, 3.63) is 48.2 Å². The number of hydrogen-bond donors (Lipinski definition) is 1. The maximum absolute atomic E-state index is 10.4. The Morgan fingerprint density at radius 2 is 2.35 bits per heavy atom. The fraction of sp³-hybridized carbons (Fsp3) is 0.0833. The van der Waals surface area contributed by atoms with E-state index in [1.807, 2.05) is 19.2 Å². The number of hydrogen-bond acceptors (Lipinski definition) is 3. The van der Waals surface area contributed by atoms with Gasteiger partial charge in [-0.3, -0.25) is 4.57 Å². The van der Waals surface area contributed by atoms with Crippen molar-refractivity contribution in [3.8, 4) is 5.82 Å². The van der Waals surface area contributed by atoms with Crippen LogP contribution in [0.25, 0.3) is 11.9 Å². The lowest BCUT2D eigenvalue weighted by atomic mass is 10.2. The summed E-state index contributed by atoms with van der Waals surface area (Å²) < 4.78 is 1.81. The molecule has 0 unspecified atom stereocenters. The van der Waals surface area contributed by atoms with E-state index in [1.54, 1.807) is 23.3 Å². The predicted molar refractivity (Wildman–Crippen MR) is 62.8 cm³/mol. The summed E-state index contributed by atoms with van der Waals surface area (Å²) in [4.78, 5) is 18.6. The molecule has 2 rings (SSSR count). The van der Waals surface area contributed by atoms with Crippen LogP contribution < -0.4 is 0 Å². The van der Waals surface area contributed by atoms with Gasteiger partial charge < -0.3 is 5.11 Å². The number of aromatic nitrogens is 3. The number of carboxylic acids is 1. The summed E-state index contributed by atoms with van der Waals surface area (Å²) in [7, 11) is 0. The molecule has 0 aromatic carbocycles. The summed E-state index contributed by atoms with van der Waals surface area (Å²) in [6, 6.07) is 1.88. The molecule has 0 bridgehead atoms. The quantitative estimate of drug-likeness (QED) is 0.813. The van der Waals surface area contributed by atoms with Crippen LogP contribution in [0.1, 0.15) is 11.1 Å². The molecule has 1 N–H and O–H groups in total. The van der Waals surface area contributed by atoms with Gasteiger partial charge in [0, 0.05) is 24.7 Å². The van der Waals surface area contributed by atoms with Crippen LogP contribution in [0.4, 0.5) is 0 Å². The van der Waals surface area contributed by atoms with Crippen molar-refractivity contribution in [2.75, 3.05) is 0 Å². The van der Waals surface area contributed by atoms with E-state index in [1.165, 1.54) is 6.08 Å². The lowest BCUT2D eigenvalue weighted by molar-refractivity contribution is -0.131. The van der Waals surface area contributed by atoms with Crippen LogP contribution in [0.3, 0.4) is 0 Å². The first-order valence-corrected chi connectivity index (χ1v) is 5.03. The first kappa shape index (κ1) is 11.1. The van der Waals surface area contributed by atoms with E-state index < -0.39 is 5.97 Å². The van der Waals surface area contributed by atoms with Gasteiger partial charge in [-0.15, -0.1) is 0 Å². The molecule has 0 radical (unpaired) electrons. The number of aliphatic carboxylic acids is 1. The molecule has 0 aliphatic carbocycles. The van der Waals surface area contributed by atoms with Crippen molar-refractivity contribution < 1.29 is 9.90 Å². The molecule has 2 heterocycles. The molecule has 0 atom stereocenters. The van der Waals surface area contributed by atoms with Gasteiger partial charge in [-0.25, -0.2) is 14.8 Å². The summed E-state index contributed by atoms with van der Waals surface area (Å²) in [5.74, 6) is -0.184. The van der Waals surface area contributed by atoms with Gasteiger partial charge in [-0.2, -0.15) is 0 Å². The smallest absolute Gasteiger partial charge is 0.328 e. The third kappa shape index (κ3) is 2.57. The van der Waals surface area contributed by atoms with Gasteiger partial charge in [-0.05, 0) is 30.2 Å². The lowest BCUT2D eigenvalue weighted by Crippen LogP contribution is -1.98. The van der Waals surface area contributed by atoms with Crippen LogP contribution in [0.5, 0.6) is 0 Å². The van der Waals surface area contributed by atoms with E-state index in [9.17, 15) is 4.79 Å². The standard InChI is InChI=1S/C12H11N3O2/c1-9-6-10(2-3-11(16)17)7-14-12(9)15-5-4-13-8-15/h2-8H,1H3,(H,16,17)/b3-2+. The summed E-state index contributed by atoms with van der Waals surface area (Å²) in [5, 5.41) is 8.53. The molecular weight excluding hydrogens is 218 g/mol. The van der Waals surface area contributed by atoms with Gasteiger partial charge in [0.2, 0.25) is 0 Å². The molecule has 0 aliphatic heterocycles. The third-order valence-corrected chi connectivity index (χ3v) is 2.24. The van der Waals surface area contributed by atoms with Gasteiger partial charge in [0.05, 0.1) is 0 Å². The molecule has 0 saturated carbocycles. The van der Waals surface area contributed by atoms with E-state index >= 15 is 0 Å². The van der Waals surface area contributed by atoms with Crippen molar-refractivity contribution in [1.82, 2.24) is 14.5 Å². The zero-order chi connectivity index (χ0) is 12.3. The van der Waals surface area contributed by atoms with Gasteiger partial charge in [0.15, 0.2) is 0 Å². The van der Waals surface area contributed by atoms with Crippen LogP contribution in [-0.2, 0) is 4.79 Å². The van der Waals surface area contributed by atoms with Crippen molar-refractivity contribution in [2.24, 2.45) is 0 Å². The minimum atomic E-state index is -0.971. The Kier molecular flexibility index (Phi) is 3.00. The fourth-order valence-electron chi connectivity index (χ4n) is 1.50. The molecule has 0 spiro atoms. The zero-order valence-corrected chi connectivity index (χ0v) is 9.24. The number of imidazole rings is 1. The van der Waals surface area contributed by atoms with E-state index in [2.05, 4.69) is 9.97 Å². The van der Waals surface area contributed by atoms with Gasteiger partial charge in [0.1, 0.15) is 12.1 Å². The molecule has 2 aromatic heterocycles. The normalized spacial score (nSPS) is 10.9. The Labute approximate surface area is 98.1 Å². The maximum atomic E-state index is 10.4. The highest BCUT2D eigenvalue weighted by Gasteiger charge is 2.02. The fourth-order valence-corrected chi connectivity index (χ4v) is 1.50. The molecule has 5 heteroatoms. The Balaban J connectivity index is 2.32. The number of nitrogens with zero attached hydrogens (tertiary/aromatic N) is 3. The number of pyridine rings is 1. The number of carbonyl (C=O) groups is 1. The van der Waals surface area contributed by atoms with E-state index in [-0.39, 0.29) is 0 Å². The Hall–Kier alpha value is -2.43. The summed E-state index contributed by atoms with van der Waals surface area (Å²) in [6.45, 7) is 1.92. The van der Waals surface area contributed by atoms with Crippen molar-refractivity contribution >= 4 is 12.0 Å². The first-order valence-electron chi connectivity index (χ1n) is 5.03. The summed E-state index contributed by atoms with van der Waals surface area (Å²) >= 11 is 0. The van der Waals surface area contributed by atoms with Crippen molar-refractivity contribution in [2.45, 2.75) is 6.92 Å². The molecular formula is C12H11N3O2. The largest absolute Gasteiger partial charge is 0.478 e. The number of aryl methyl sites for hydroxylation is 1. The third-order valence-electron chi connectivity index (χ3n) is 2.24. The SMILES string of the molecule is Cc1cc(/C=C/C(=O)O)cnc1-n1ccnc1. The highest BCUT2D eigenvalue weighted by molar-refractivity contribution is 5.85. The minimum absolute atomic E-state index is 0.758. The highest BCUT2D eigenvalue weighted by Crippen LogP contribution is 2.13. The van der Waals surface area contributed by atoms with Gasteiger partial charge in [-0.1, -0.05) is 0 Å². The summed E-state index contributed by atoms with van der Waals surface area (Å²) in [6.07, 6.45) is 9.39. The van der Waals surface area contributed by atoms with E-state index in [0.29, 0.717) is 0 Å². The van der Waals surface area contributed by atoms with E-state index in [4.69, 9.17) is 5.11 Å². The molecule has 2 aromatic rings. The van der Waals surface area contributed by atoms with Crippen LogP contribution >= 0.6 is 0 Å². The maximum Gasteiger partial charge on any atom is 0.328 e. The molecule has 17 heavy (non-hydrogen) atoms. The van der Waals surface area contributed by atoms with Gasteiger partial charge in [0.25, 0.3) is 0 Å². The molecule has 0 saturated heterocycles. The Morgan fingerprint density at radius 1 is 1.53 bits per heavy atom. The minimum Gasteiger partial charge on any atom is -0.478 e. The average molecular weight is 229 g/mol. The molecule has 5 nitrogen and oxygen atoms in total. The second kappa shape index (κ2) is 4.61. The Bertz CT molecular complexity index is 559. The van der Waals surface area contributed by atoms with Gasteiger partial charge >= 0.3 is 5.97 Å². The average Bonchev–Trinajstić information content (AvgIpc) is 2.79. The van der Waals surface area contributed by atoms with Crippen molar-refractivity contribution in [3.63, 3.8) is 0 Å². The van der Waals surface area contributed by atoms with Crippen LogP contribution in [-0.4, -0.2) is 25.6 Å².